The second-order valence-electron chi connectivity index (χ2n) is 6.71. The van der Waals surface area contributed by atoms with Crippen LogP contribution < -0.4 is 5.32 Å². The average molecular weight is 272 g/mol. The molecule has 3 rings (SSSR count). The van der Waals surface area contributed by atoms with Gasteiger partial charge in [0.2, 0.25) is 0 Å². The number of aryl methyl sites for hydroxylation is 1. The monoisotopic (exact) mass is 272 g/mol. The maximum absolute atomic E-state index is 3.77. The topological polar surface area (TPSA) is 15.3 Å². The van der Waals surface area contributed by atoms with Crippen LogP contribution >= 0.6 is 0 Å². The van der Waals surface area contributed by atoms with Gasteiger partial charge in [0, 0.05) is 31.7 Å². The van der Waals surface area contributed by atoms with Crippen LogP contribution in [0.5, 0.6) is 0 Å². The molecule has 1 N–H and O–H groups in total. The van der Waals surface area contributed by atoms with Crippen molar-refractivity contribution in [3.05, 3.63) is 35.4 Å². The normalized spacial score (nSPS) is 27.7. The molecule has 2 aliphatic rings. The lowest BCUT2D eigenvalue weighted by Crippen LogP contribution is -2.56. The maximum atomic E-state index is 3.77. The molecule has 1 saturated carbocycles. The van der Waals surface area contributed by atoms with Crippen molar-refractivity contribution in [1.82, 2.24) is 10.2 Å². The lowest BCUT2D eigenvalue weighted by Gasteiger charge is -2.41. The Morgan fingerprint density at radius 3 is 2.60 bits per heavy atom. The lowest BCUT2D eigenvalue weighted by molar-refractivity contribution is 0.104. The predicted octanol–water partition coefficient (Wildman–Crippen LogP) is 3.35. The van der Waals surface area contributed by atoms with Gasteiger partial charge in [-0.2, -0.15) is 0 Å². The van der Waals surface area contributed by atoms with Gasteiger partial charge in [-0.05, 0) is 37.7 Å². The van der Waals surface area contributed by atoms with Gasteiger partial charge in [0.25, 0.3) is 0 Å². The van der Waals surface area contributed by atoms with Crippen LogP contribution in [0.25, 0.3) is 0 Å². The summed E-state index contributed by atoms with van der Waals surface area (Å²) in [7, 11) is 0. The van der Waals surface area contributed by atoms with Gasteiger partial charge in [0.1, 0.15) is 0 Å². The molecule has 0 bridgehead atoms. The molecule has 1 heterocycles. The smallest absolute Gasteiger partial charge is 0.0253 e. The summed E-state index contributed by atoms with van der Waals surface area (Å²) in [6, 6.07) is 10.6. The van der Waals surface area contributed by atoms with Crippen molar-refractivity contribution >= 4 is 0 Å². The first-order chi connectivity index (χ1) is 9.76. The maximum Gasteiger partial charge on any atom is 0.0253 e. The Hall–Kier alpha value is -0.860. The fourth-order valence-electron chi connectivity index (χ4n) is 3.50. The van der Waals surface area contributed by atoms with Crippen LogP contribution in [0, 0.1) is 12.8 Å². The zero-order valence-corrected chi connectivity index (χ0v) is 12.9. The Labute approximate surface area is 123 Å². The van der Waals surface area contributed by atoms with E-state index in [-0.39, 0.29) is 0 Å². The average Bonchev–Trinajstić information content (AvgIpc) is 3.27. The van der Waals surface area contributed by atoms with Crippen molar-refractivity contribution in [2.45, 2.75) is 58.2 Å². The largest absolute Gasteiger partial charge is 0.311 e. The van der Waals surface area contributed by atoms with E-state index in [9.17, 15) is 0 Å². The molecule has 110 valence electrons. The molecule has 0 spiro atoms. The molecule has 1 aromatic rings. The second kappa shape index (κ2) is 6.28. The molecule has 0 aromatic heterocycles. The summed E-state index contributed by atoms with van der Waals surface area (Å²) in [5, 5.41) is 3.77. The molecule has 2 fully saturated rings. The van der Waals surface area contributed by atoms with E-state index in [1.807, 2.05) is 0 Å². The highest BCUT2D eigenvalue weighted by atomic mass is 15.2. The summed E-state index contributed by atoms with van der Waals surface area (Å²) < 4.78 is 0. The standard InChI is InChI=1S/C18H28N2/c1-3-4-17-13-20(18(11-19-17)16-9-10-16)12-15-7-5-14(2)6-8-15/h5-8,16-19H,3-4,9-13H2,1-2H3. The molecule has 2 nitrogen and oxygen atoms in total. The van der Waals surface area contributed by atoms with E-state index in [2.05, 4.69) is 48.3 Å². The fraction of sp³-hybridized carbons (Fsp3) is 0.667. The highest BCUT2D eigenvalue weighted by molar-refractivity contribution is 5.21. The number of nitrogens with one attached hydrogen (secondary N) is 1. The SMILES string of the molecule is CCCC1CN(Cc2ccc(C)cc2)C(C2CC2)CN1. The van der Waals surface area contributed by atoms with Gasteiger partial charge in [-0.15, -0.1) is 0 Å². The van der Waals surface area contributed by atoms with Crippen LogP contribution in [-0.4, -0.2) is 30.1 Å². The molecule has 2 heteroatoms. The fourth-order valence-corrected chi connectivity index (χ4v) is 3.50. The van der Waals surface area contributed by atoms with Crippen molar-refractivity contribution in [1.29, 1.82) is 0 Å². The first-order valence-electron chi connectivity index (χ1n) is 8.29. The number of benzene rings is 1. The molecule has 0 radical (unpaired) electrons. The minimum absolute atomic E-state index is 0.695. The summed E-state index contributed by atoms with van der Waals surface area (Å²) in [6.45, 7) is 8.01. The molecule has 20 heavy (non-hydrogen) atoms. The molecule has 1 aliphatic heterocycles. The highest BCUT2D eigenvalue weighted by Crippen LogP contribution is 2.37. The van der Waals surface area contributed by atoms with Gasteiger partial charge in [0.15, 0.2) is 0 Å². The molecule has 1 aromatic carbocycles. The number of hydrogen-bond acceptors (Lipinski definition) is 2. The number of nitrogens with zero attached hydrogens (tertiary/aromatic N) is 1. The van der Waals surface area contributed by atoms with Gasteiger partial charge in [-0.1, -0.05) is 43.2 Å². The molecule has 0 amide bonds. The zero-order valence-electron chi connectivity index (χ0n) is 12.9. The van der Waals surface area contributed by atoms with E-state index in [0.29, 0.717) is 6.04 Å². The molecule has 2 atom stereocenters. The Balaban J connectivity index is 1.67. The highest BCUT2D eigenvalue weighted by Gasteiger charge is 2.38. The Kier molecular flexibility index (Phi) is 4.42. The van der Waals surface area contributed by atoms with Crippen LogP contribution in [0.3, 0.4) is 0 Å². The third kappa shape index (κ3) is 3.42. The molecule has 2 unspecified atom stereocenters. The summed E-state index contributed by atoms with van der Waals surface area (Å²) in [5.74, 6) is 0.954. The Bertz CT molecular complexity index is 422. The van der Waals surface area contributed by atoms with Crippen molar-refractivity contribution in [3.8, 4) is 0 Å². The summed E-state index contributed by atoms with van der Waals surface area (Å²) in [6.07, 6.45) is 5.47. The van der Waals surface area contributed by atoms with Crippen LogP contribution in [0.4, 0.5) is 0 Å². The van der Waals surface area contributed by atoms with Crippen molar-refractivity contribution < 1.29 is 0 Å². The third-order valence-corrected chi connectivity index (χ3v) is 4.85. The Morgan fingerprint density at radius 1 is 1.20 bits per heavy atom. The van der Waals surface area contributed by atoms with E-state index in [0.717, 1.165) is 18.5 Å². The zero-order chi connectivity index (χ0) is 13.9. The predicted molar refractivity (Wildman–Crippen MR) is 84.8 cm³/mol. The van der Waals surface area contributed by atoms with Crippen molar-refractivity contribution in [2.75, 3.05) is 13.1 Å². The quantitative estimate of drug-likeness (QED) is 0.884. The van der Waals surface area contributed by atoms with E-state index in [1.165, 1.54) is 49.9 Å². The summed E-state index contributed by atoms with van der Waals surface area (Å²) in [4.78, 5) is 2.75. The third-order valence-electron chi connectivity index (χ3n) is 4.85. The van der Waals surface area contributed by atoms with E-state index in [4.69, 9.17) is 0 Å². The van der Waals surface area contributed by atoms with Crippen LogP contribution in [0.1, 0.15) is 43.7 Å². The van der Waals surface area contributed by atoms with Crippen LogP contribution in [0.2, 0.25) is 0 Å². The van der Waals surface area contributed by atoms with Crippen molar-refractivity contribution in [2.24, 2.45) is 5.92 Å². The number of rotatable bonds is 5. The number of piperazine rings is 1. The molecule has 1 saturated heterocycles. The van der Waals surface area contributed by atoms with Gasteiger partial charge in [-0.3, -0.25) is 4.90 Å². The first-order valence-corrected chi connectivity index (χ1v) is 8.29. The molecule has 1 aliphatic carbocycles. The minimum Gasteiger partial charge on any atom is -0.311 e. The van der Waals surface area contributed by atoms with Crippen LogP contribution in [-0.2, 0) is 6.54 Å². The van der Waals surface area contributed by atoms with E-state index in [1.54, 1.807) is 0 Å². The molecular weight excluding hydrogens is 244 g/mol. The molecular formula is C18H28N2. The van der Waals surface area contributed by atoms with Crippen molar-refractivity contribution in [3.63, 3.8) is 0 Å². The van der Waals surface area contributed by atoms with Crippen LogP contribution in [0.15, 0.2) is 24.3 Å². The first kappa shape index (κ1) is 14.1. The van der Waals surface area contributed by atoms with Gasteiger partial charge in [-0.25, -0.2) is 0 Å². The summed E-state index contributed by atoms with van der Waals surface area (Å²) in [5.41, 5.74) is 2.83. The van der Waals surface area contributed by atoms with Gasteiger partial charge >= 0.3 is 0 Å². The lowest BCUT2D eigenvalue weighted by atomic mass is 10.0. The minimum atomic E-state index is 0.695. The number of hydrogen-bond donors (Lipinski definition) is 1. The van der Waals surface area contributed by atoms with E-state index < -0.39 is 0 Å². The van der Waals surface area contributed by atoms with E-state index >= 15 is 0 Å². The summed E-state index contributed by atoms with van der Waals surface area (Å²) >= 11 is 0. The Morgan fingerprint density at radius 2 is 1.95 bits per heavy atom. The second-order valence-corrected chi connectivity index (χ2v) is 6.71. The van der Waals surface area contributed by atoms with Gasteiger partial charge in [0.05, 0.1) is 0 Å². The van der Waals surface area contributed by atoms with Gasteiger partial charge < -0.3 is 5.32 Å².